The number of piperidine rings is 1. The van der Waals surface area contributed by atoms with Crippen LogP contribution in [0.3, 0.4) is 0 Å². The molecular weight excluding hydrogens is 288 g/mol. The minimum absolute atomic E-state index is 0.0126. The van der Waals surface area contributed by atoms with Crippen LogP contribution in [0.1, 0.15) is 32.1 Å². The van der Waals surface area contributed by atoms with E-state index in [2.05, 4.69) is 11.4 Å². The van der Waals surface area contributed by atoms with E-state index in [-0.39, 0.29) is 24.7 Å². The number of nitrogens with one attached hydrogen (secondary N) is 1. The molecule has 1 aliphatic heterocycles. The number of hydrogen-bond donors (Lipinski definition) is 3. The van der Waals surface area contributed by atoms with Gasteiger partial charge >= 0.3 is 5.97 Å². The van der Waals surface area contributed by atoms with Crippen molar-refractivity contribution in [2.24, 2.45) is 11.7 Å². The topological polar surface area (TPSA) is 137 Å². The number of likely N-dealkylation sites (tertiary alicyclic amines) is 1. The normalized spacial score (nSPS) is 19.9. The van der Waals surface area contributed by atoms with Gasteiger partial charge in [0.25, 0.3) is 0 Å². The molecule has 0 bridgehead atoms. The van der Waals surface area contributed by atoms with Gasteiger partial charge in [-0.25, -0.2) is 4.79 Å². The number of nitriles is 1. The summed E-state index contributed by atoms with van der Waals surface area (Å²) < 4.78 is 0. The number of carboxylic acid groups (broad SMARTS) is 1. The first-order valence-electron chi connectivity index (χ1n) is 7.34. The van der Waals surface area contributed by atoms with Crippen LogP contribution in [-0.4, -0.2) is 53.5 Å². The largest absolute Gasteiger partial charge is 0.480 e. The molecule has 1 aliphatic rings. The Morgan fingerprint density at radius 1 is 1.45 bits per heavy atom. The highest BCUT2D eigenvalue weighted by Gasteiger charge is 2.29. The number of aliphatic carboxylic acids is 1. The fraction of sp³-hybridized carbons (Fsp3) is 0.714. The highest BCUT2D eigenvalue weighted by Crippen LogP contribution is 2.17. The smallest absolute Gasteiger partial charge is 0.326 e. The number of carbonyl (C=O) groups is 3. The number of carbonyl (C=O) groups excluding carboxylic acids is 2. The molecule has 8 heteroatoms. The van der Waals surface area contributed by atoms with Crippen LogP contribution < -0.4 is 11.1 Å². The van der Waals surface area contributed by atoms with Crippen molar-refractivity contribution in [1.29, 1.82) is 5.26 Å². The maximum absolute atomic E-state index is 12.2. The van der Waals surface area contributed by atoms with E-state index in [1.807, 2.05) is 4.90 Å². The first-order chi connectivity index (χ1) is 10.4. The van der Waals surface area contributed by atoms with Gasteiger partial charge in [-0.2, -0.15) is 5.26 Å². The minimum Gasteiger partial charge on any atom is -0.480 e. The van der Waals surface area contributed by atoms with Gasteiger partial charge in [-0.3, -0.25) is 9.59 Å². The van der Waals surface area contributed by atoms with E-state index in [1.165, 1.54) is 0 Å². The predicted octanol–water partition coefficient (Wildman–Crippen LogP) is -0.553. The summed E-state index contributed by atoms with van der Waals surface area (Å²) in [5, 5.41) is 20.2. The van der Waals surface area contributed by atoms with Crippen LogP contribution in [0.5, 0.6) is 0 Å². The average molecular weight is 310 g/mol. The van der Waals surface area contributed by atoms with Crippen LogP contribution in [0.15, 0.2) is 0 Å². The zero-order valence-electron chi connectivity index (χ0n) is 12.5. The van der Waals surface area contributed by atoms with Gasteiger partial charge in [-0.1, -0.05) is 0 Å². The molecule has 1 heterocycles. The summed E-state index contributed by atoms with van der Waals surface area (Å²) in [6.45, 7) is 1.98. The van der Waals surface area contributed by atoms with Crippen molar-refractivity contribution < 1.29 is 19.5 Å². The van der Waals surface area contributed by atoms with Crippen molar-refractivity contribution in [3.05, 3.63) is 0 Å². The van der Waals surface area contributed by atoms with Gasteiger partial charge in [0, 0.05) is 25.9 Å². The molecule has 8 nitrogen and oxygen atoms in total. The molecule has 122 valence electrons. The summed E-state index contributed by atoms with van der Waals surface area (Å²) in [6.07, 6.45) is 1.84. The van der Waals surface area contributed by atoms with Crippen LogP contribution in [0, 0.1) is 17.2 Å². The van der Waals surface area contributed by atoms with E-state index in [1.54, 1.807) is 0 Å². The second-order valence-electron chi connectivity index (χ2n) is 5.45. The van der Waals surface area contributed by atoms with Gasteiger partial charge in [0.1, 0.15) is 6.04 Å². The lowest BCUT2D eigenvalue weighted by Gasteiger charge is -2.32. The average Bonchev–Trinajstić information content (AvgIpc) is 2.48. The number of rotatable bonds is 8. The van der Waals surface area contributed by atoms with E-state index >= 15 is 0 Å². The summed E-state index contributed by atoms with van der Waals surface area (Å²) >= 11 is 0. The first kappa shape index (κ1) is 17.9. The first-order valence-corrected chi connectivity index (χ1v) is 7.34. The monoisotopic (exact) mass is 310 g/mol. The molecule has 0 aliphatic carbocycles. The number of nitrogens with zero attached hydrogens (tertiary/aromatic N) is 2. The fourth-order valence-electron chi connectivity index (χ4n) is 2.51. The Hall–Kier alpha value is -2.14. The second-order valence-corrected chi connectivity index (χ2v) is 5.45. The van der Waals surface area contributed by atoms with E-state index in [4.69, 9.17) is 16.1 Å². The van der Waals surface area contributed by atoms with Crippen molar-refractivity contribution in [2.75, 3.05) is 19.6 Å². The Morgan fingerprint density at radius 2 is 2.18 bits per heavy atom. The number of nitrogens with two attached hydrogens (primary N) is 1. The van der Waals surface area contributed by atoms with Gasteiger partial charge in [-0.05, 0) is 25.8 Å². The standard InChI is InChI=1S/C14H22N4O4/c15-6-2-8-18-7-1-3-10(9-18)13(20)17-11(14(21)22)4-5-12(16)19/h10-11H,1-5,7-9H2,(H2,16,19)(H,17,20)(H,21,22). The van der Waals surface area contributed by atoms with E-state index < -0.39 is 17.9 Å². The lowest BCUT2D eigenvalue weighted by Crippen LogP contribution is -2.48. The van der Waals surface area contributed by atoms with Crippen molar-refractivity contribution in [2.45, 2.75) is 38.1 Å². The van der Waals surface area contributed by atoms with Crippen LogP contribution >= 0.6 is 0 Å². The Labute approximate surface area is 129 Å². The van der Waals surface area contributed by atoms with Gasteiger partial charge in [0.05, 0.1) is 12.0 Å². The highest BCUT2D eigenvalue weighted by atomic mass is 16.4. The fourth-order valence-corrected chi connectivity index (χ4v) is 2.51. The summed E-state index contributed by atoms with van der Waals surface area (Å²) in [6, 6.07) is 0.967. The predicted molar refractivity (Wildman–Crippen MR) is 77.4 cm³/mol. The van der Waals surface area contributed by atoms with Crippen molar-refractivity contribution >= 4 is 17.8 Å². The van der Waals surface area contributed by atoms with Crippen molar-refractivity contribution in [1.82, 2.24) is 10.2 Å². The molecular formula is C14H22N4O4. The molecule has 22 heavy (non-hydrogen) atoms. The Bertz CT molecular complexity index is 460. The SMILES string of the molecule is N#CCCN1CCCC(C(=O)NC(CCC(N)=O)C(=O)O)C1. The molecule has 0 aromatic rings. The lowest BCUT2D eigenvalue weighted by molar-refractivity contribution is -0.143. The Morgan fingerprint density at radius 3 is 2.77 bits per heavy atom. The van der Waals surface area contributed by atoms with Gasteiger partial charge in [0.2, 0.25) is 11.8 Å². The summed E-state index contributed by atoms with van der Waals surface area (Å²) in [5.41, 5.74) is 5.00. The van der Waals surface area contributed by atoms with E-state index in [9.17, 15) is 14.4 Å². The molecule has 0 saturated carbocycles. The van der Waals surface area contributed by atoms with Crippen LogP contribution in [0.4, 0.5) is 0 Å². The molecule has 1 saturated heterocycles. The van der Waals surface area contributed by atoms with E-state index in [0.29, 0.717) is 25.9 Å². The van der Waals surface area contributed by atoms with E-state index in [0.717, 1.165) is 13.0 Å². The molecule has 4 N–H and O–H groups in total. The van der Waals surface area contributed by atoms with Gasteiger partial charge in [0.15, 0.2) is 0 Å². The second kappa shape index (κ2) is 9.00. The van der Waals surface area contributed by atoms with Crippen LogP contribution in [0.25, 0.3) is 0 Å². The van der Waals surface area contributed by atoms with Crippen LogP contribution in [0.2, 0.25) is 0 Å². The Kier molecular flexibility index (Phi) is 7.32. The minimum atomic E-state index is -1.17. The third kappa shape index (κ3) is 6.10. The molecule has 0 aromatic heterocycles. The molecule has 0 radical (unpaired) electrons. The van der Waals surface area contributed by atoms with Crippen molar-refractivity contribution in [3.63, 3.8) is 0 Å². The maximum atomic E-state index is 12.2. The number of hydrogen-bond acceptors (Lipinski definition) is 5. The zero-order chi connectivity index (χ0) is 16.5. The number of amides is 2. The molecule has 0 aromatic carbocycles. The molecule has 2 atom stereocenters. The van der Waals surface area contributed by atoms with Crippen molar-refractivity contribution in [3.8, 4) is 6.07 Å². The number of carboxylic acids is 1. The van der Waals surface area contributed by atoms with Gasteiger partial charge in [-0.15, -0.1) is 0 Å². The highest BCUT2D eigenvalue weighted by molar-refractivity contribution is 5.85. The number of primary amides is 1. The summed E-state index contributed by atoms with van der Waals surface area (Å²) in [4.78, 5) is 36.1. The Balaban J connectivity index is 2.52. The molecule has 0 spiro atoms. The van der Waals surface area contributed by atoms with Crippen LogP contribution in [-0.2, 0) is 14.4 Å². The molecule has 2 unspecified atom stereocenters. The van der Waals surface area contributed by atoms with Gasteiger partial charge < -0.3 is 21.1 Å². The molecule has 2 amide bonds. The third-order valence-corrected chi connectivity index (χ3v) is 3.71. The third-order valence-electron chi connectivity index (χ3n) is 3.71. The maximum Gasteiger partial charge on any atom is 0.326 e. The zero-order valence-corrected chi connectivity index (χ0v) is 12.5. The quantitative estimate of drug-likeness (QED) is 0.550. The summed E-state index contributed by atoms with van der Waals surface area (Å²) in [7, 11) is 0. The summed E-state index contributed by atoms with van der Waals surface area (Å²) in [5.74, 6) is -2.38. The molecule has 1 rings (SSSR count). The molecule has 1 fully saturated rings. The lowest BCUT2D eigenvalue weighted by atomic mass is 9.96.